The van der Waals surface area contributed by atoms with E-state index in [4.69, 9.17) is 34.7 Å². The normalized spacial score (nSPS) is 13.3. The molecule has 11 heteroatoms. The fourth-order valence-electron chi connectivity index (χ4n) is 1.91. The Balaban J connectivity index is 2.65. The standard InChI is InChI=1S/C12H11Cl2F3N4OS/c1-2-23(22)9-10(18)20-21(11(9)19)8-6(13)3-5(4-7(8)14)12(15,16)17/h3-4H,2,19H2,1H3,(H2,18,20). The summed E-state index contributed by atoms with van der Waals surface area (Å²) in [5.41, 5.74) is 10.5. The minimum absolute atomic E-state index is 0.0649. The van der Waals surface area contributed by atoms with E-state index in [0.717, 1.165) is 4.68 Å². The van der Waals surface area contributed by atoms with Crippen LogP contribution in [0.3, 0.4) is 0 Å². The molecule has 0 saturated carbocycles. The van der Waals surface area contributed by atoms with Crippen molar-refractivity contribution in [2.45, 2.75) is 18.0 Å². The van der Waals surface area contributed by atoms with Gasteiger partial charge in [0.15, 0.2) is 5.82 Å². The lowest BCUT2D eigenvalue weighted by molar-refractivity contribution is -0.137. The molecular formula is C12H11Cl2F3N4OS. The third kappa shape index (κ3) is 3.32. The number of aromatic nitrogens is 2. The summed E-state index contributed by atoms with van der Waals surface area (Å²) in [4.78, 5) is 0.0968. The maximum atomic E-state index is 12.8. The van der Waals surface area contributed by atoms with Crippen molar-refractivity contribution >= 4 is 46.0 Å². The summed E-state index contributed by atoms with van der Waals surface area (Å²) in [6.07, 6.45) is -4.60. The molecule has 0 aliphatic carbocycles. The minimum Gasteiger partial charge on any atom is -0.611 e. The van der Waals surface area contributed by atoms with Gasteiger partial charge in [-0.15, -0.1) is 5.10 Å². The molecule has 1 unspecified atom stereocenters. The first-order valence-electron chi connectivity index (χ1n) is 6.16. The smallest absolute Gasteiger partial charge is 0.416 e. The molecule has 1 atom stereocenters. The van der Waals surface area contributed by atoms with E-state index in [1.807, 2.05) is 0 Å². The maximum absolute atomic E-state index is 12.8. The van der Waals surface area contributed by atoms with Crippen molar-refractivity contribution in [2.24, 2.45) is 0 Å². The van der Waals surface area contributed by atoms with Crippen LogP contribution in [0.1, 0.15) is 12.5 Å². The van der Waals surface area contributed by atoms with Gasteiger partial charge in [0.25, 0.3) is 0 Å². The molecule has 2 aromatic rings. The number of nitrogens with zero attached hydrogens (tertiary/aromatic N) is 2. The van der Waals surface area contributed by atoms with E-state index >= 15 is 0 Å². The van der Waals surface area contributed by atoms with Gasteiger partial charge in [0.2, 0.25) is 10.7 Å². The first kappa shape index (κ1) is 18.1. The molecule has 1 aromatic heterocycles. The zero-order valence-corrected chi connectivity index (χ0v) is 13.9. The van der Waals surface area contributed by atoms with Crippen molar-refractivity contribution in [3.05, 3.63) is 27.7 Å². The van der Waals surface area contributed by atoms with Crippen LogP contribution in [-0.4, -0.2) is 20.1 Å². The second-order valence-electron chi connectivity index (χ2n) is 4.43. The van der Waals surface area contributed by atoms with Gasteiger partial charge in [-0.25, -0.2) is 4.68 Å². The van der Waals surface area contributed by atoms with E-state index in [2.05, 4.69) is 5.10 Å². The third-order valence-electron chi connectivity index (χ3n) is 2.95. The number of nitrogen functional groups attached to an aromatic ring is 2. The lowest BCUT2D eigenvalue weighted by atomic mass is 10.2. The Hall–Kier alpha value is -1.29. The molecule has 23 heavy (non-hydrogen) atoms. The molecule has 0 aliphatic heterocycles. The van der Waals surface area contributed by atoms with Crippen LogP contribution < -0.4 is 11.5 Å². The number of halogens is 5. The lowest BCUT2D eigenvalue weighted by Crippen LogP contribution is -2.10. The van der Waals surface area contributed by atoms with Crippen LogP contribution in [-0.2, 0) is 17.4 Å². The first-order chi connectivity index (χ1) is 10.6. The Morgan fingerprint density at radius 1 is 1.26 bits per heavy atom. The van der Waals surface area contributed by atoms with Gasteiger partial charge >= 0.3 is 6.18 Å². The summed E-state index contributed by atoms with van der Waals surface area (Å²) < 4.78 is 51.2. The molecule has 0 amide bonds. The Bertz CT molecular complexity index is 728. The number of alkyl halides is 3. The average molecular weight is 387 g/mol. The van der Waals surface area contributed by atoms with Gasteiger partial charge in [0.05, 0.1) is 15.6 Å². The van der Waals surface area contributed by atoms with Crippen LogP contribution in [0.4, 0.5) is 24.8 Å². The highest BCUT2D eigenvalue weighted by atomic mass is 35.5. The molecule has 0 aliphatic rings. The average Bonchev–Trinajstić information content (AvgIpc) is 2.71. The number of anilines is 2. The van der Waals surface area contributed by atoms with Crippen molar-refractivity contribution < 1.29 is 17.7 Å². The predicted molar refractivity (Wildman–Crippen MR) is 84.4 cm³/mol. The fourth-order valence-corrected chi connectivity index (χ4v) is 3.44. The molecule has 4 N–H and O–H groups in total. The molecule has 1 aromatic carbocycles. The third-order valence-corrected chi connectivity index (χ3v) is 4.92. The van der Waals surface area contributed by atoms with E-state index < -0.39 is 22.9 Å². The van der Waals surface area contributed by atoms with Gasteiger partial charge in [-0.2, -0.15) is 13.2 Å². The molecular weight excluding hydrogens is 376 g/mol. The van der Waals surface area contributed by atoms with Gasteiger partial charge in [0.1, 0.15) is 11.4 Å². The predicted octanol–water partition coefficient (Wildman–Crippen LogP) is 3.49. The van der Waals surface area contributed by atoms with E-state index in [9.17, 15) is 17.7 Å². The van der Waals surface area contributed by atoms with E-state index in [-0.39, 0.29) is 38.0 Å². The topological polar surface area (TPSA) is 92.9 Å². The lowest BCUT2D eigenvalue weighted by Gasteiger charge is -2.13. The van der Waals surface area contributed by atoms with Gasteiger partial charge < -0.3 is 16.0 Å². The Kier molecular flexibility index (Phi) is 4.95. The van der Waals surface area contributed by atoms with Crippen LogP contribution >= 0.6 is 23.2 Å². The highest BCUT2D eigenvalue weighted by molar-refractivity contribution is 7.91. The molecule has 0 saturated heterocycles. The highest BCUT2D eigenvalue weighted by Gasteiger charge is 2.33. The Morgan fingerprint density at radius 3 is 2.22 bits per heavy atom. The number of nitrogens with two attached hydrogens (primary N) is 2. The summed E-state index contributed by atoms with van der Waals surface area (Å²) in [7, 11) is 0. The monoisotopic (exact) mass is 386 g/mol. The number of hydrogen-bond donors (Lipinski definition) is 2. The second-order valence-corrected chi connectivity index (χ2v) is 6.92. The Labute approximate surface area is 142 Å². The summed E-state index contributed by atoms with van der Waals surface area (Å²) in [6.45, 7) is 1.66. The molecule has 5 nitrogen and oxygen atoms in total. The van der Waals surface area contributed by atoms with Crippen molar-refractivity contribution in [3.63, 3.8) is 0 Å². The van der Waals surface area contributed by atoms with Crippen LogP contribution in [0.25, 0.3) is 5.69 Å². The largest absolute Gasteiger partial charge is 0.611 e. The highest BCUT2D eigenvalue weighted by Crippen LogP contribution is 2.39. The molecule has 0 radical (unpaired) electrons. The summed E-state index contributed by atoms with van der Waals surface area (Å²) in [5, 5.41) is 3.26. The number of benzene rings is 1. The van der Waals surface area contributed by atoms with E-state index in [1.54, 1.807) is 6.92 Å². The summed E-state index contributed by atoms with van der Waals surface area (Å²) >= 11 is 10.3. The van der Waals surface area contributed by atoms with Crippen molar-refractivity contribution in [1.82, 2.24) is 9.78 Å². The van der Waals surface area contributed by atoms with E-state index in [0.29, 0.717) is 12.1 Å². The van der Waals surface area contributed by atoms with Crippen molar-refractivity contribution in [1.29, 1.82) is 0 Å². The Morgan fingerprint density at radius 2 is 1.78 bits per heavy atom. The van der Waals surface area contributed by atoms with Crippen LogP contribution in [0.15, 0.2) is 17.0 Å². The fraction of sp³-hybridized carbons (Fsp3) is 0.250. The van der Waals surface area contributed by atoms with Crippen LogP contribution in [0.5, 0.6) is 0 Å². The summed E-state index contributed by atoms with van der Waals surface area (Å²) in [5.74, 6) is 0.0511. The van der Waals surface area contributed by atoms with Gasteiger partial charge in [0, 0.05) is 0 Å². The quantitative estimate of drug-likeness (QED) is 0.789. The van der Waals surface area contributed by atoms with Crippen LogP contribution in [0, 0.1) is 0 Å². The van der Waals surface area contributed by atoms with Gasteiger partial charge in [-0.1, -0.05) is 23.2 Å². The molecule has 0 bridgehead atoms. The number of rotatable bonds is 3. The van der Waals surface area contributed by atoms with Crippen molar-refractivity contribution in [3.8, 4) is 5.69 Å². The molecule has 0 fully saturated rings. The molecule has 0 spiro atoms. The zero-order chi connectivity index (χ0) is 17.5. The van der Waals surface area contributed by atoms with Crippen molar-refractivity contribution in [2.75, 3.05) is 17.2 Å². The first-order valence-corrected chi connectivity index (χ1v) is 8.24. The second kappa shape index (κ2) is 6.31. The number of hydrogen-bond acceptors (Lipinski definition) is 4. The van der Waals surface area contributed by atoms with Crippen LogP contribution in [0.2, 0.25) is 10.0 Å². The summed E-state index contributed by atoms with van der Waals surface area (Å²) in [6, 6.07) is 1.41. The van der Waals surface area contributed by atoms with E-state index in [1.165, 1.54) is 0 Å². The maximum Gasteiger partial charge on any atom is 0.416 e. The molecule has 2 rings (SSSR count). The van der Waals surface area contributed by atoms with Gasteiger partial charge in [-0.05, 0) is 30.2 Å². The zero-order valence-electron chi connectivity index (χ0n) is 11.6. The molecule has 126 valence electrons. The SMILES string of the molecule is CC[S+]([O-])c1c(N)nn(-c2c(Cl)cc(C(F)(F)F)cc2Cl)c1N. The minimum atomic E-state index is -4.60. The molecule has 1 heterocycles. The van der Waals surface area contributed by atoms with Gasteiger partial charge in [-0.3, -0.25) is 0 Å².